The van der Waals surface area contributed by atoms with Crippen molar-refractivity contribution in [3.63, 3.8) is 0 Å². The van der Waals surface area contributed by atoms with Gasteiger partial charge in [-0.2, -0.15) is 0 Å². The van der Waals surface area contributed by atoms with E-state index in [1.807, 2.05) is 0 Å². The van der Waals surface area contributed by atoms with Crippen LogP contribution < -0.4 is 4.90 Å². The number of hydrogen-bond acceptors (Lipinski definition) is 1. The molecular weight excluding hydrogens is 845 g/mol. The van der Waals surface area contributed by atoms with E-state index in [2.05, 4.69) is 289 Å². The molecule has 70 heavy (non-hydrogen) atoms. The molecule has 0 atom stereocenters. The van der Waals surface area contributed by atoms with Gasteiger partial charge in [-0.05, 0) is 133 Å². The maximum Gasteiger partial charge on any atom is 0.0546 e. The summed E-state index contributed by atoms with van der Waals surface area (Å²) in [5.41, 5.74) is 18.5. The smallest absolute Gasteiger partial charge is 0.0546 e. The van der Waals surface area contributed by atoms with E-state index in [0.717, 1.165) is 50.6 Å². The normalized spacial score (nSPS) is 11.4. The van der Waals surface area contributed by atoms with E-state index in [1.165, 1.54) is 71.2 Å². The third-order valence-electron chi connectivity index (χ3n) is 14.0. The van der Waals surface area contributed by atoms with Crippen LogP contribution in [0.4, 0.5) is 17.1 Å². The predicted molar refractivity (Wildman–Crippen MR) is 298 cm³/mol. The molecule has 2 heteroatoms. The Morgan fingerprint density at radius 3 is 1.34 bits per heavy atom. The summed E-state index contributed by atoms with van der Waals surface area (Å²) < 4.78 is 2.42. The molecule has 0 spiro atoms. The molecule has 0 aliphatic heterocycles. The lowest BCUT2D eigenvalue weighted by Gasteiger charge is -2.29. The maximum absolute atomic E-state index is 2.45. The Kier molecular flexibility index (Phi) is 10.2. The van der Waals surface area contributed by atoms with Gasteiger partial charge >= 0.3 is 0 Å². The van der Waals surface area contributed by atoms with Gasteiger partial charge in [-0.1, -0.05) is 212 Å². The summed E-state index contributed by atoms with van der Waals surface area (Å²) in [5.74, 6) is 0. The first-order valence-corrected chi connectivity index (χ1v) is 24.1. The summed E-state index contributed by atoms with van der Waals surface area (Å²) >= 11 is 0. The number of benzene rings is 12. The van der Waals surface area contributed by atoms with Crippen LogP contribution in [0.2, 0.25) is 0 Å². The number of rotatable bonds is 9. The Balaban J connectivity index is 0.986. The Morgan fingerprint density at radius 2 is 0.686 bits per heavy atom. The largest absolute Gasteiger partial charge is 0.310 e. The first-order valence-electron chi connectivity index (χ1n) is 24.1. The third kappa shape index (κ3) is 7.40. The molecule has 13 rings (SSSR count). The van der Waals surface area contributed by atoms with E-state index < -0.39 is 0 Å². The number of nitrogens with zero attached hydrogens (tertiary/aromatic N) is 2. The van der Waals surface area contributed by atoms with Crippen LogP contribution in [0.1, 0.15) is 0 Å². The minimum absolute atomic E-state index is 1.06. The highest BCUT2D eigenvalue weighted by Gasteiger charge is 2.21. The Hall–Kier alpha value is -9.24. The number of anilines is 3. The predicted octanol–water partition coefficient (Wildman–Crippen LogP) is 18.9. The maximum atomic E-state index is 2.45. The summed E-state index contributed by atoms with van der Waals surface area (Å²) in [4.78, 5) is 2.45. The van der Waals surface area contributed by atoms with Crippen molar-refractivity contribution in [2.24, 2.45) is 0 Å². The van der Waals surface area contributed by atoms with Crippen molar-refractivity contribution in [3.8, 4) is 61.3 Å². The summed E-state index contributed by atoms with van der Waals surface area (Å²) in [6, 6.07) is 102. The zero-order valence-electron chi connectivity index (χ0n) is 38.5. The van der Waals surface area contributed by atoms with Gasteiger partial charge in [0.15, 0.2) is 0 Å². The Bertz CT molecular complexity index is 4000. The quantitative estimate of drug-likeness (QED) is 0.140. The van der Waals surface area contributed by atoms with E-state index in [4.69, 9.17) is 0 Å². The summed E-state index contributed by atoms with van der Waals surface area (Å²) in [6.07, 6.45) is 0. The Labute approximate surface area is 408 Å². The van der Waals surface area contributed by atoms with Crippen molar-refractivity contribution in [3.05, 3.63) is 279 Å². The molecule has 0 fully saturated rings. The second kappa shape index (κ2) is 17.4. The second-order valence-corrected chi connectivity index (χ2v) is 18.1. The van der Waals surface area contributed by atoms with Gasteiger partial charge in [0.2, 0.25) is 0 Å². The van der Waals surface area contributed by atoms with Crippen LogP contribution in [-0.2, 0) is 0 Å². The minimum atomic E-state index is 1.06. The summed E-state index contributed by atoms with van der Waals surface area (Å²) in [7, 11) is 0. The van der Waals surface area contributed by atoms with Crippen LogP contribution >= 0.6 is 0 Å². The fourth-order valence-electron chi connectivity index (χ4n) is 10.5. The van der Waals surface area contributed by atoms with Crippen molar-refractivity contribution in [1.29, 1.82) is 0 Å². The van der Waals surface area contributed by atoms with Crippen molar-refractivity contribution in [2.75, 3.05) is 4.90 Å². The number of hydrogen-bond donors (Lipinski definition) is 0. The SMILES string of the molecule is c1ccc(-c2cccc(-c3ccc(N(c4ccc(-c5ccccc5-n5c6ccccc6c6ccccc65)cc4)c4cc(-c5ccc6ccccc6c5)ccc4-c4ccc5ccccc5c4)cc3)c2)cc1. The first-order chi connectivity index (χ1) is 34.7. The van der Waals surface area contributed by atoms with Gasteiger partial charge in [-0.15, -0.1) is 0 Å². The third-order valence-corrected chi connectivity index (χ3v) is 14.0. The highest BCUT2D eigenvalue weighted by Crippen LogP contribution is 2.45. The Morgan fingerprint density at radius 1 is 0.243 bits per heavy atom. The van der Waals surface area contributed by atoms with Crippen LogP contribution in [-0.4, -0.2) is 4.57 Å². The molecule has 0 radical (unpaired) electrons. The molecule has 1 heterocycles. The molecule has 0 aliphatic rings. The van der Waals surface area contributed by atoms with Gasteiger partial charge in [0.1, 0.15) is 0 Å². The molecule has 0 N–H and O–H groups in total. The molecule has 0 unspecified atom stereocenters. The molecule has 0 amide bonds. The molecule has 0 aliphatic carbocycles. The number of para-hydroxylation sites is 3. The van der Waals surface area contributed by atoms with E-state index in [0.29, 0.717) is 0 Å². The van der Waals surface area contributed by atoms with Gasteiger partial charge in [0, 0.05) is 33.3 Å². The zero-order chi connectivity index (χ0) is 46.4. The molecule has 2 nitrogen and oxygen atoms in total. The summed E-state index contributed by atoms with van der Waals surface area (Å²) in [5, 5.41) is 7.39. The van der Waals surface area contributed by atoms with Crippen LogP contribution in [0, 0.1) is 0 Å². The molecule has 0 bridgehead atoms. The molecule has 0 saturated carbocycles. The highest BCUT2D eigenvalue weighted by atomic mass is 15.1. The number of aromatic nitrogens is 1. The monoisotopic (exact) mass is 890 g/mol. The topological polar surface area (TPSA) is 8.17 Å². The molecule has 13 aromatic rings. The standard InChI is InChI=1S/C68H46N2/c1-2-15-47(16-3-1)54-21-14-22-55(43-54)50-33-38-59(39-34-50)69(60-40-35-51(36-41-60)61-23-8-11-26-65(61)70-66-27-12-9-24-63(66)64-25-10-13-28-67(64)70)68-46-57(56-31-29-48-17-4-6-19-52(48)44-56)37-42-62(68)58-32-30-49-18-5-7-20-53(49)45-58/h1-46H. The van der Waals surface area contributed by atoms with Gasteiger partial charge in [0.25, 0.3) is 0 Å². The lowest BCUT2D eigenvalue weighted by Crippen LogP contribution is -2.11. The van der Waals surface area contributed by atoms with Gasteiger partial charge in [-0.25, -0.2) is 0 Å². The molecule has 328 valence electrons. The lowest BCUT2D eigenvalue weighted by molar-refractivity contribution is 1.18. The van der Waals surface area contributed by atoms with Crippen molar-refractivity contribution < 1.29 is 0 Å². The molecule has 1 aromatic heterocycles. The van der Waals surface area contributed by atoms with Gasteiger partial charge in [-0.3, -0.25) is 0 Å². The van der Waals surface area contributed by atoms with Crippen LogP contribution in [0.5, 0.6) is 0 Å². The molecule has 12 aromatic carbocycles. The average molecular weight is 891 g/mol. The van der Waals surface area contributed by atoms with Crippen molar-refractivity contribution in [1.82, 2.24) is 4.57 Å². The van der Waals surface area contributed by atoms with Crippen LogP contribution in [0.3, 0.4) is 0 Å². The zero-order valence-corrected chi connectivity index (χ0v) is 38.5. The highest BCUT2D eigenvalue weighted by molar-refractivity contribution is 6.10. The van der Waals surface area contributed by atoms with E-state index in [-0.39, 0.29) is 0 Å². The fraction of sp³-hybridized carbons (Fsp3) is 0. The van der Waals surface area contributed by atoms with Crippen LogP contribution in [0.15, 0.2) is 279 Å². The van der Waals surface area contributed by atoms with Crippen molar-refractivity contribution >= 4 is 60.4 Å². The van der Waals surface area contributed by atoms with E-state index >= 15 is 0 Å². The number of fused-ring (bicyclic) bond motifs is 5. The fourth-order valence-corrected chi connectivity index (χ4v) is 10.5. The lowest BCUT2D eigenvalue weighted by atomic mass is 9.94. The van der Waals surface area contributed by atoms with Gasteiger partial charge < -0.3 is 9.47 Å². The van der Waals surface area contributed by atoms with Gasteiger partial charge in [0.05, 0.1) is 22.4 Å². The second-order valence-electron chi connectivity index (χ2n) is 18.1. The van der Waals surface area contributed by atoms with E-state index in [1.54, 1.807) is 0 Å². The van der Waals surface area contributed by atoms with E-state index in [9.17, 15) is 0 Å². The van der Waals surface area contributed by atoms with Crippen molar-refractivity contribution in [2.45, 2.75) is 0 Å². The average Bonchev–Trinajstić information content (AvgIpc) is 3.78. The molecule has 0 saturated heterocycles. The first kappa shape index (κ1) is 41.0. The van der Waals surface area contributed by atoms with Crippen LogP contribution in [0.25, 0.3) is 105 Å². The minimum Gasteiger partial charge on any atom is -0.310 e. The molecular formula is C68H46N2. The summed E-state index contributed by atoms with van der Waals surface area (Å²) in [6.45, 7) is 0.